The van der Waals surface area contributed by atoms with E-state index in [1.807, 2.05) is 13.0 Å². The predicted molar refractivity (Wildman–Crippen MR) is 90.8 cm³/mol. The highest BCUT2D eigenvalue weighted by atomic mass is 16.5. The number of likely N-dealkylation sites (tertiary alicyclic amines) is 1. The third kappa shape index (κ3) is 4.47. The summed E-state index contributed by atoms with van der Waals surface area (Å²) in [5.74, 6) is 0.289. The molecular weight excluding hydrogens is 308 g/mol. The molecule has 0 aromatic heterocycles. The Labute approximate surface area is 142 Å². The largest absolute Gasteiger partial charge is 0.496 e. The quantitative estimate of drug-likeness (QED) is 0.773. The molecule has 1 heterocycles. The maximum atomic E-state index is 12.7. The topological polar surface area (TPSA) is 81.9 Å². The molecule has 6 heteroatoms. The third-order valence-electron chi connectivity index (χ3n) is 4.32. The zero-order valence-electron chi connectivity index (χ0n) is 14.4. The lowest BCUT2D eigenvalue weighted by atomic mass is 9.95. The van der Waals surface area contributed by atoms with Gasteiger partial charge in [-0.15, -0.1) is 0 Å². The van der Waals surface area contributed by atoms with Crippen molar-refractivity contribution in [1.29, 1.82) is 0 Å². The molecule has 1 aliphatic rings. The summed E-state index contributed by atoms with van der Waals surface area (Å²) in [6.45, 7) is 4.25. The van der Waals surface area contributed by atoms with Crippen molar-refractivity contribution in [2.45, 2.75) is 32.8 Å². The molecule has 0 unspecified atom stereocenters. The van der Waals surface area contributed by atoms with Crippen LogP contribution in [0.2, 0.25) is 0 Å². The highest BCUT2D eigenvalue weighted by molar-refractivity contribution is 5.94. The van der Waals surface area contributed by atoms with Gasteiger partial charge in [0.2, 0.25) is 5.91 Å². The Morgan fingerprint density at radius 1 is 1.29 bits per heavy atom. The zero-order valence-corrected chi connectivity index (χ0v) is 14.4. The molecule has 2 N–H and O–H groups in total. The summed E-state index contributed by atoms with van der Waals surface area (Å²) in [6, 6.07) is 5.40. The average Bonchev–Trinajstić information content (AvgIpc) is 2.61. The monoisotopic (exact) mass is 334 g/mol. The molecule has 0 saturated carbocycles. The van der Waals surface area contributed by atoms with Gasteiger partial charge in [0.25, 0.3) is 5.91 Å². The van der Waals surface area contributed by atoms with Gasteiger partial charge in [0.15, 0.2) is 0 Å². The van der Waals surface area contributed by atoms with E-state index in [0.29, 0.717) is 44.7 Å². The molecule has 0 radical (unpaired) electrons. The van der Waals surface area contributed by atoms with Gasteiger partial charge in [0.1, 0.15) is 5.75 Å². The summed E-state index contributed by atoms with van der Waals surface area (Å²) < 4.78 is 10.9. The summed E-state index contributed by atoms with van der Waals surface area (Å²) in [7, 11) is 1.61. The van der Waals surface area contributed by atoms with E-state index < -0.39 is 0 Å². The molecule has 0 aliphatic carbocycles. The SMILES string of the molecule is CCCOCc1cc(C(=O)N2CCC(C(N)=O)CC2)ccc1OC. The van der Waals surface area contributed by atoms with Crippen molar-refractivity contribution >= 4 is 11.8 Å². The van der Waals surface area contributed by atoms with Crippen LogP contribution >= 0.6 is 0 Å². The summed E-state index contributed by atoms with van der Waals surface area (Å²) in [6.07, 6.45) is 2.20. The first kappa shape index (κ1) is 18.3. The minimum Gasteiger partial charge on any atom is -0.496 e. The van der Waals surface area contributed by atoms with Crippen molar-refractivity contribution in [3.8, 4) is 5.75 Å². The molecule has 0 spiro atoms. The molecule has 1 aliphatic heterocycles. The van der Waals surface area contributed by atoms with E-state index in [1.165, 1.54) is 0 Å². The molecule has 0 atom stereocenters. The van der Waals surface area contributed by atoms with Crippen LogP contribution in [0.3, 0.4) is 0 Å². The van der Waals surface area contributed by atoms with Gasteiger partial charge in [-0.25, -0.2) is 0 Å². The first-order valence-electron chi connectivity index (χ1n) is 8.40. The molecule has 24 heavy (non-hydrogen) atoms. The minimum absolute atomic E-state index is 0.0303. The fourth-order valence-electron chi connectivity index (χ4n) is 2.90. The van der Waals surface area contributed by atoms with Crippen LogP contribution in [0, 0.1) is 5.92 Å². The number of amides is 2. The molecular formula is C18H26N2O4. The maximum absolute atomic E-state index is 12.7. The van der Waals surface area contributed by atoms with Crippen molar-refractivity contribution < 1.29 is 19.1 Å². The van der Waals surface area contributed by atoms with Gasteiger partial charge in [0, 0.05) is 36.7 Å². The van der Waals surface area contributed by atoms with Crippen molar-refractivity contribution in [3.63, 3.8) is 0 Å². The van der Waals surface area contributed by atoms with Gasteiger partial charge in [-0.1, -0.05) is 6.92 Å². The summed E-state index contributed by atoms with van der Waals surface area (Å²) in [5, 5.41) is 0. The number of carbonyl (C=O) groups excluding carboxylic acids is 2. The number of nitrogens with zero attached hydrogens (tertiary/aromatic N) is 1. The van der Waals surface area contributed by atoms with E-state index in [0.717, 1.165) is 17.7 Å². The van der Waals surface area contributed by atoms with Crippen LogP contribution in [0.25, 0.3) is 0 Å². The Bertz CT molecular complexity index is 580. The number of primary amides is 1. The van der Waals surface area contributed by atoms with E-state index in [2.05, 4.69) is 0 Å². The maximum Gasteiger partial charge on any atom is 0.253 e. The van der Waals surface area contributed by atoms with Crippen LogP contribution in [0.1, 0.15) is 42.1 Å². The molecule has 1 aromatic rings. The molecule has 0 bridgehead atoms. The number of hydrogen-bond donors (Lipinski definition) is 1. The van der Waals surface area contributed by atoms with E-state index in [1.54, 1.807) is 24.1 Å². The van der Waals surface area contributed by atoms with E-state index in [4.69, 9.17) is 15.2 Å². The van der Waals surface area contributed by atoms with Crippen LogP contribution in [0.15, 0.2) is 18.2 Å². The fourth-order valence-corrected chi connectivity index (χ4v) is 2.90. The average molecular weight is 334 g/mol. The molecule has 132 valence electrons. The van der Waals surface area contributed by atoms with Crippen molar-refractivity contribution in [3.05, 3.63) is 29.3 Å². The van der Waals surface area contributed by atoms with Gasteiger partial charge >= 0.3 is 0 Å². The zero-order chi connectivity index (χ0) is 17.5. The van der Waals surface area contributed by atoms with E-state index in [9.17, 15) is 9.59 Å². The number of hydrogen-bond acceptors (Lipinski definition) is 4. The molecule has 2 rings (SSSR count). The Kier molecular flexibility index (Phi) is 6.61. The van der Waals surface area contributed by atoms with Gasteiger partial charge in [-0.05, 0) is 37.5 Å². The fraction of sp³-hybridized carbons (Fsp3) is 0.556. The summed E-state index contributed by atoms with van der Waals surface area (Å²) in [5.41, 5.74) is 6.82. The minimum atomic E-state index is -0.276. The number of nitrogens with two attached hydrogens (primary N) is 1. The van der Waals surface area contributed by atoms with E-state index >= 15 is 0 Å². The van der Waals surface area contributed by atoms with Crippen LogP contribution < -0.4 is 10.5 Å². The van der Waals surface area contributed by atoms with E-state index in [-0.39, 0.29) is 17.7 Å². The molecule has 1 fully saturated rings. The standard InChI is InChI=1S/C18H26N2O4/c1-3-10-24-12-15-11-14(4-5-16(15)23-2)18(22)20-8-6-13(7-9-20)17(19)21/h4-5,11,13H,3,6-10,12H2,1-2H3,(H2,19,21). The van der Waals surface area contributed by atoms with Crippen molar-refractivity contribution in [2.24, 2.45) is 11.7 Å². The second kappa shape index (κ2) is 8.68. The molecule has 6 nitrogen and oxygen atoms in total. The number of rotatable bonds is 7. The third-order valence-corrected chi connectivity index (χ3v) is 4.32. The lowest BCUT2D eigenvalue weighted by molar-refractivity contribution is -0.123. The summed E-state index contributed by atoms with van der Waals surface area (Å²) >= 11 is 0. The van der Waals surface area contributed by atoms with Crippen molar-refractivity contribution in [1.82, 2.24) is 4.90 Å². The normalized spacial score (nSPS) is 15.3. The van der Waals surface area contributed by atoms with Crippen LogP contribution in [-0.4, -0.2) is 43.5 Å². The Balaban J connectivity index is 2.06. The Morgan fingerprint density at radius 3 is 2.58 bits per heavy atom. The van der Waals surface area contributed by atoms with Gasteiger partial charge in [-0.3, -0.25) is 9.59 Å². The first-order chi connectivity index (χ1) is 11.6. The molecule has 1 saturated heterocycles. The van der Waals surface area contributed by atoms with Crippen molar-refractivity contribution in [2.75, 3.05) is 26.8 Å². The smallest absolute Gasteiger partial charge is 0.253 e. The second-order valence-corrected chi connectivity index (χ2v) is 6.05. The lowest BCUT2D eigenvalue weighted by Crippen LogP contribution is -2.41. The van der Waals surface area contributed by atoms with Gasteiger partial charge in [-0.2, -0.15) is 0 Å². The highest BCUT2D eigenvalue weighted by Crippen LogP contribution is 2.24. The summed E-state index contributed by atoms with van der Waals surface area (Å²) in [4.78, 5) is 25.7. The van der Waals surface area contributed by atoms with Gasteiger partial charge < -0.3 is 20.1 Å². The number of benzene rings is 1. The van der Waals surface area contributed by atoms with Crippen LogP contribution in [0.4, 0.5) is 0 Å². The van der Waals surface area contributed by atoms with Gasteiger partial charge in [0.05, 0.1) is 13.7 Å². The predicted octanol–water partition coefficient (Wildman–Crippen LogP) is 1.96. The first-order valence-corrected chi connectivity index (χ1v) is 8.40. The Hall–Kier alpha value is -2.08. The lowest BCUT2D eigenvalue weighted by Gasteiger charge is -2.30. The number of carbonyl (C=O) groups is 2. The molecule has 1 aromatic carbocycles. The number of ether oxygens (including phenoxy) is 2. The Morgan fingerprint density at radius 2 is 2.00 bits per heavy atom. The number of methoxy groups -OCH3 is 1. The van der Waals surface area contributed by atoms with Crippen LogP contribution in [-0.2, 0) is 16.1 Å². The number of piperidine rings is 1. The second-order valence-electron chi connectivity index (χ2n) is 6.05. The van der Waals surface area contributed by atoms with Crippen LogP contribution in [0.5, 0.6) is 5.75 Å². The highest BCUT2D eigenvalue weighted by Gasteiger charge is 2.26. The molecule has 2 amide bonds.